The van der Waals surface area contributed by atoms with Crippen LogP contribution >= 0.6 is 13.3 Å². The van der Waals surface area contributed by atoms with Crippen molar-refractivity contribution in [2.75, 3.05) is 26.2 Å². The summed E-state index contributed by atoms with van der Waals surface area (Å²) >= 11 is 8.54. The first-order valence-corrected chi connectivity index (χ1v) is 8.94. The molecule has 0 amide bonds. The first kappa shape index (κ1) is 13.1. The monoisotopic (exact) mass is 274 g/mol. The van der Waals surface area contributed by atoms with Gasteiger partial charge in [-0.05, 0) is 0 Å². The molecule has 1 heterocycles. The SMILES string of the molecule is [O-]P([O-])(=S)N1CCN(P([O-])([O-])=S)CC1. The summed E-state index contributed by atoms with van der Waals surface area (Å²) in [7, 11) is 0. The number of rotatable bonds is 2. The lowest BCUT2D eigenvalue weighted by molar-refractivity contribution is -0.316. The van der Waals surface area contributed by atoms with E-state index < -0.39 is 13.3 Å². The third kappa shape index (κ3) is 3.57. The minimum atomic E-state index is -3.91. The number of piperazine rings is 1. The highest BCUT2D eigenvalue weighted by molar-refractivity contribution is 8.06. The highest BCUT2D eigenvalue weighted by Gasteiger charge is 2.16. The Balaban J connectivity index is 2.56. The van der Waals surface area contributed by atoms with Crippen molar-refractivity contribution < 1.29 is 19.6 Å². The Bertz CT molecular complexity index is 264. The Hall–Kier alpha value is 1.06. The summed E-state index contributed by atoms with van der Waals surface area (Å²) in [5, 5.41) is 0. The molecule has 84 valence electrons. The van der Waals surface area contributed by atoms with E-state index in [1.165, 1.54) is 0 Å². The molecule has 0 atom stereocenters. The van der Waals surface area contributed by atoms with E-state index in [2.05, 4.69) is 23.6 Å². The Morgan fingerprint density at radius 1 is 0.714 bits per heavy atom. The average molecular weight is 274 g/mol. The predicted molar refractivity (Wildman–Crippen MR) is 51.7 cm³/mol. The van der Waals surface area contributed by atoms with Gasteiger partial charge in [-0.25, -0.2) is 0 Å². The summed E-state index contributed by atoms with van der Waals surface area (Å²) in [5.74, 6) is 0. The molecule has 10 heteroatoms. The topological polar surface area (TPSA) is 98.7 Å². The van der Waals surface area contributed by atoms with Gasteiger partial charge >= 0.3 is 0 Å². The van der Waals surface area contributed by atoms with E-state index in [-0.39, 0.29) is 26.2 Å². The third-order valence-corrected chi connectivity index (χ3v) is 5.50. The van der Waals surface area contributed by atoms with E-state index in [0.717, 1.165) is 9.34 Å². The lowest BCUT2D eigenvalue weighted by Gasteiger charge is -2.55. The van der Waals surface area contributed by atoms with Crippen molar-refractivity contribution in [1.29, 1.82) is 0 Å². The summed E-state index contributed by atoms with van der Waals surface area (Å²) < 4.78 is 2.17. The quantitative estimate of drug-likeness (QED) is 0.478. The van der Waals surface area contributed by atoms with Gasteiger partial charge in [0.15, 0.2) is 0 Å². The van der Waals surface area contributed by atoms with Crippen LogP contribution in [0.5, 0.6) is 0 Å². The Kier molecular flexibility index (Phi) is 4.23. The molecule has 0 unspecified atom stereocenters. The van der Waals surface area contributed by atoms with Crippen molar-refractivity contribution >= 4 is 36.9 Å². The molecule has 0 bridgehead atoms. The average Bonchev–Trinajstić information content (AvgIpc) is 2.01. The van der Waals surface area contributed by atoms with Crippen LogP contribution in [0.1, 0.15) is 0 Å². The fourth-order valence-electron chi connectivity index (χ4n) is 1.18. The van der Waals surface area contributed by atoms with Gasteiger partial charge < -0.3 is 19.6 Å². The van der Waals surface area contributed by atoms with Gasteiger partial charge in [0.1, 0.15) is 0 Å². The van der Waals surface area contributed by atoms with Gasteiger partial charge in [-0.3, -0.25) is 9.34 Å². The van der Waals surface area contributed by atoms with Gasteiger partial charge in [-0.2, -0.15) is 0 Å². The van der Waals surface area contributed by atoms with Crippen molar-refractivity contribution in [3.63, 3.8) is 0 Å². The first-order valence-electron chi connectivity index (χ1n) is 3.76. The summed E-state index contributed by atoms with van der Waals surface area (Å²) in [4.78, 5) is 43.7. The van der Waals surface area contributed by atoms with Gasteiger partial charge in [0.05, 0.1) is 0 Å². The van der Waals surface area contributed by atoms with E-state index in [4.69, 9.17) is 0 Å². The lowest BCUT2D eigenvalue weighted by Crippen LogP contribution is -2.49. The minimum Gasteiger partial charge on any atom is -0.821 e. The zero-order valence-corrected chi connectivity index (χ0v) is 10.5. The molecule has 0 spiro atoms. The minimum absolute atomic E-state index is 0.0904. The molecule has 1 aliphatic rings. The van der Waals surface area contributed by atoms with E-state index >= 15 is 0 Å². The van der Waals surface area contributed by atoms with Gasteiger partial charge in [0.2, 0.25) is 0 Å². The normalized spacial score (nSPS) is 22.6. The van der Waals surface area contributed by atoms with Gasteiger partial charge in [0, 0.05) is 26.2 Å². The van der Waals surface area contributed by atoms with Crippen molar-refractivity contribution in [2.24, 2.45) is 0 Å². The molecule has 1 saturated heterocycles. The molecule has 14 heavy (non-hydrogen) atoms. The first-order chi connectivity index (χ1) is 6.21. The van der Waals surface area contributed by atoms with E-state index in [1.54, 1.807) is 0 Å². The standard InChI is InChI=1S/C4H12N2O4P2S2/c7-11(8,13)5-1-2-6(4-3-5)12(9,10)14/h1-4H2,(H2,7,8,13)(H2,9,10,14)/p-4. The van der Waals surface area contributed by atoms with Crippen LogP contribution in [0.3, 0.4) is 0 Å². The second kappa shape index (κ2) is 4.51. The predicted octanol–water partition coefficient (Wildman–Crippen LogP) is -3.51. The number of hydrogen-bond donors (Lipinski definition) is 0. The zero-order chi connectivity index (χ0) is 11.0. The smallest absolute Gasteiger partial charge is 0.0135 e. The molecule has 0 N–H and O–H groups in total. The van der Waals surface area contributed by atoms with E-state index in [1.807, 2.05) is 0 Å². The molecule has 0 aromatic carbocycles. The highest BCUT2D eigenvalue weighted by atomic mass is 32.5. The maximum absolute atomic E-state index is 10.9. The van der Waals surface area contributed by atoms with Crippen LogP contribution in [0.15, 0.2) is 0 Å². The fraction of sp³-hybridized carbons (Fsp3) is 1.00. The third-order valence-electron chi connectivity index (χ3n) is 1.93. The molecule has 0 radical (unpaired) electrons. The summed E-state index contributed by atoms with van der Waals surface area (Å²) in [6, 6.07) is 0. The fourth-order valence-corrected chi connectivity index (χ4v) is 3.49. The number of nitrogens with zero attached hydrogens (tertiary/aromatic N) is 2. The van der Waals surface area contributed by atoms with Crippen molar-refractivity contribution in [3.05, 3.63) is 0 Å². The van der Waals surface area contributed by atoms with Crippen LogP contribution in [0.2, 0.25) is 0 Å². The van der Waals surface area contributed by atoms with Crippen LogP contribution < -0.4 is 19.6 Å². The molecule has 6 nitrogen and oxygen atoms in total. The second-order valence-electron chi connectivity index (χ2n) is 2.84. The summed E-state index contributed by atoms with van der Waals surface area (Å²) in [6.07, 6.45) is 0. The van der Waals surface area contributed by atoms with Crippen molar-refractivity contribution in [2.45, 2.75) is 0 Å². The molecule has 0 aromatic rings. The van der Waals surface area contributed by atoms with Crippen LogP contribution in [0, 0.1) is 0 Å². The maximum Gasteiger partial charge on any atom is 0.0135 e. The van der Waals surface area contributed by atoms with Crippen LogP contribution in [-0.2, 0) is 23.6 Å². The molecule has 0 aromatic heterocycles. The van der Waals surface area contributed by atoms with Crippen LogP contribution in [-0.4, -0.2) is 35.5 Å². The van der Waals surface area contributed by atoms with Crippen molar-refractivity contribution in [3.8, 4) is 0 Å². The van der Waals surface area contributed by atoms with Crippen LogP contribution in [0.25, 0.3) is 0 Å². The largest absolute Gasteiger partial charge is 0.821 e. The van der Waals surface area contributed by atoms with E-state index in [9.17, 15) is 19.6 Å². The highest BCUT2D eigenvalue weighted by Crippen LogP contribution is 2.36. The van der Waals surface area contributed by atoms with Gasteiger partial charge in [0.25, 0.3) is 0 Å². The lowest BCUT2D eigenvalue weighted by atomic mass is 10.4. The molecule has 0 aliphatic carbocycles. The van der Waals surface area contributed by atoms with E-state index in [0.29, 0.717) is 0 Å². The Labute approximate surface area is 92.2 Å². The Morgan fingerprint density at radius 2 is 0.929 bits per heavy atom. The second-order valence-corrected chi connectivity index (χ2v) is 8.62. The zero-order valence-electron chi connectivity index (χ0n) is 7.07. The van der Waals surface area contributed by atoms with Gasteiger partial charge in [-0.1, -0.05) is 0 Å². The molecule has 1 aliphatic heterocycles. The van der Waals surface area contributed by atoms with Crippen molar-refractivity contribution in [1.82, 2.24) is 9.34 Å². The molecular formula is C4H8N2O4P2S2-4. The molecule has 0 saturated carbocycles. The Morgan fingerprint density at radius 3 is 1.07 bits per heavy atom. The maximum atomic E-state index is 10.9. The summed E-state index contributed by atoms with van der Waals surface area (Å²) in [6.45, 7) is -7.45. The molecule has 1 rings (SSSR count). The molecular weight excluding hydrogens is 266 g/mol. The summed E-state index contributed by atoms with van der Waals surface area (Å²) in [5.41, 5.74) is 0. The van der Waals surface area contributed by atoms with Gasteiger partial charge in [-0.15, -0.1) is 36.9 Å². The number of hydrogen-bond acceptors (Lipinski definition) is 6. The van der Waals surface area contributed by atoms with Crippen LogP contribution in [0.4, 0.5) is 0 Å². The molecule has 1 fully saturated rings.